The van der Waals surface area contributed by atoms with Crippen LogP contribution in [0.25, 0.3) is 0 Å². The van der Waals surface area contributed by atoms with Gasteiger partial charge in [-0.25, -0.2) is 4.39 Å². The van der Waals surface area contributed by atoms with Gasteiger partial charge >= 0.3 is 0 Å². The van der Waals surface area contributed by atoms with Crippen molar-refractivity contribution in [3.05, 3.63) is 47.5 Å². The predicted molar refractivity (Wildman–Crippen MR) is 97.4 cm³/mol. The molecule has 0 aliphatic carbocycles. The van der Waals surface area contributed by atoms with Crippen LogP contribution in [0.2, 0.25) is 0 Å². The van der Waals surface area contributed by atoms with E-state index in [1.165, 1.54) is 0 Å². The number of benzene rings is 1. The average molecular weight is 346 g/mol. The summed E-state index contributed by atoms with van der Waals surface area (Å²) in [5, 5.41) is 7.84. The van der Waals surface area contributed by atoms with E-state index in [9.17, 15) is 4.39 Å². The molecule has 1 aromatic carbocycles. The molecule has 2 atom stereocenters. The van der Waals surface area contributed by atoms with Crippen molar-refractivity contribution in [1.29, 1.82) is 0 Å². The topological polar surface area (TPSA) is 42.3 Å². The number of ether oxygens (including phenoxy) is 1. The molecule has 1 fully saturated rings. The van der Waals surface area contributed by atoms with Gasteiger partial charge in [-0.3, -0.25) is 4.68 Å². The summed E-state index contributed by atoms with van der Waals surface area (Å²) in [6.45, 7) is 9.72. The van der Waals surface area contributed by atoms with Crippen LogP contribution in [-0.2, 0) is 11.3 Å². The van der Waals surface area contributed by atoms with Gasteiger partial charge < -0.3 is 15.0 Å². The summed E-state index contributed by atoms with van der Waals surface area (Å²) in [5.41, 5.74) is 2.77. The number of anilines is 1. The molecule has 0 radical (unpaired) electrons. The fourth-order valence-electron chi connectivity index (χ4n) is 3.06. The van der Waals surface area contributed by atoms with Crippen LogP contribution >= 0.6 is 0 Å². The number of nitrogens with zero attached hydrogens (tertiary/aromatic N) is 3. The Hall–Kier alpha value is -1.92. The number of nitrogens with one attached hydrogen (secondary N) is 1. The van der Waals surface area contributed by atoms with Crippen LogP contribution in [0.15, 0.2) is 30.6 Å². The molecule has 1 aromatic heterocycles. The molecule has 1 saturated heterocycles. The second-order valence-corrected chi connectivity index (χ2v) is 6.79. The minimum absolute atomic E-state index is 0.162. The highest BCUT2D eigenvalue weighted by Gasteiger charge is 2.17. The van der Waals surface area contributed by atoms with Gasteiger partial charge in [-0.1, -0.05) is 6.07 Å². The molecule has 136 valence electrons. The van der Waals surface area contributed by atoms with Gasteiger partial charge in [0, 0.05) is 31.9 Å². The molecule has 6 heteroatoms. The quantitative estimate of drug-likeness (QED) is 0.873. The molecule has 1 aliphatic rings. The molecule has 0 unspecified atom stereocenters. The molecule has 25 heavy (non-hydrogen) atoms. The third-order valence-corrected chi connectivity index (χ3v) is 4.86. The van der Waals surface area contributed by atoms with E-state index in [4.69, 9.17) is 4.74 Å². The van der Waals surface area contributed by atoms with Gasteiger partial charge in [0.1, 0.15) is 5.82 Å². The Balaban J connectivity index is 1.58. The van der Waals surface area contributed by atoms with E-state index in [0.29, 0.717) is 25.4 Å². The Labute approximate surface area is 148 Å². The summed E-state index contributed by atoms with van der Waals surface area (Å²) in [7, 11) is 0. The molecule has 1 N–H and O–H groups in total. The van der Waals surface area contributed by atoms with Crippen molar-refractivity contribution in [2.45, 2.75) is 39.4 Å². The van der Waals surface area contributed by atoms with Crippen molar-refractivity contribution >= 4 is 5.69 Å². The van der Waals surface area contributed by atoms with Crippen molar-refractivity contribution < 1.29 is 9.13 Å². The van der Waals surface area contributed by atoms with E-state index in [1.807, 2.05) is 41.0 Å². The molecule has 0 bridgehead atoms. The van der Waals surface area contributed by atoms with Gasteiger partial charge in [0.15, 0.2) is 0 Å². The van der Waals surface area contributed by atoms with E-state index >= 15 is 0 Å². The van der Waals surface area contributed by atoms with Gasteiger partial charge in [0.25, 0.3) is 0 Å². The van der Waals surface area contributed by atoms with Crippen molar-refractivity contribution in [3.63, 3.8) is 0 Å². The maximum absolute atomic E-state index is 14.5. The second-order valence-electron chi connectivity index (χ2n) is 6.79. The number of hydrogen-bond donors (Lipinski definition) is 1. The molecular weight excluding hydrogens is 319 g/mol. The summed E-state index contributed by atoms with van der Waals surface area (Å²) >= 11 is 0. The van der Waals surface area contributed by atoms with E-state index in [-0.39, 0.29) is 17.9 Å². The highest BCUT2D eigenvalue weighted by atomic mass is 19.1. The summed E-state index contributed by atoms with van der Waals surface area (Å²) in [6.07, 6.45) is 3.91. The van der Waals surface area contributed by atoms with Crippen molar-refractivity contribution in [2.75, 3.05) is 31.2 Å². The second kappa shape index (κ2) is 7.97. The summed E-state index contributed by atoms with van der Waals surface area (Å²) in [5.74, 6) is -0.162. The van der Waals surface area contributed by atoms with Crippen LogP contribution in [0.1, 0.15) is 31.0 Å². The third-order valence-electron chi connectivity index (χ3n) is 4.86. The number of hydrogen-bond acceptors (Lipinski definition) is 4. The van der Waals surface area contributed by atoms with Gasteiger partial charge in [-0.05, 0) is 44.0 Å². The Morgan fingerprint density at radius 3 is 2.68 bits per heavy atom. The molecular formula is C19H27FN4O. The molecule has 2 heterocycles. The fourth-order valence-corrected chi connectivity index (χ4v) is 3.06. The fraction of sp³-hybridized carbons (Fsp3) is 0.526. The standard InChI is InChI=1S/C19H27FN4O/c1-14-11-22-24(13-14)16(3)15(2)21-12-17-4-5-19(18(20)10-17)23-6-8-25-9-7-23/h4-5,10-11,13,15-16,21H,6-9,12H2,1-3H3/t15-,16+/m1/s1. The Bertz CT molecular complexity index is 696. The zero-order valence-corrected chi connectivity index (χ0v) is 15.2. The van der Waals surface area contributed by atoms with E-state index in [0.717, 1.165) is 24.2 Å². The van der Waals surface area contributed by atoms with Crippen LogP contribution in [0.5, 0.6) is 0 Å². The molecule has 0 spiro atoms. The van der Waals surface area contributed by atoms with Gasteiger partial charge in [0.05, 0.1) is 31.1 Å². The van der Waals surface area contributed by atoms with Crippen molar-refractivity contribution in [1.82, 2.24) is 15.1 Å². The van der Waals surface area contributed by atoms with Crippen LogP contribution in [0.4, 0.5) is 10.1 Å². The molecule has 3 rings (SSSR count). The van der Waals surface area contributed by atoms with Gasteiger partial charge in [-0.2, -0.15) is 5.10 Å². The number of morpholine rings is 1. The minimum atomic E-state index is -0.162. The molecule has 2 aromatic rings. The maximum atomic E-state index is 14.5. The van der Waals surface area contributed by atoms with Crippen molar-refractivity contribution in [3.8, 4) is 0 Å². The molecule has 0 saturated carbocycles. The first-order chi connectivity index (χ1) is 12.0. The third kappa shape index (κ3) is 4.38. The molecule has 5 nitrogen and oxygen atoms in total. The molecule has 1 aliphatic heterocycles. The lowest BCUT2D eigenvalue weighted by molar-refractivity contribution is 0.122. The summed E-state index contributed by atoms with van der Waals surface area (Å²) in [6, 6.07) is 5.96. The monoisotopic (exact) mass is 346 g/mol. The summed E-state index contributed by atoms with van der Waals surface area (Å²) < 4.78 is 21.8. The normalized spacial score (nSPS) is 17.5. The van der Waals surface area contributed by atoms with Crippen molar-refractivity contribution in [2.24, 2.45) is 0 Å². The number of aryl methyl sites for hydroxylation is 1. The van der Waals surface area contributed by atoms with Gasteiger partial charge in [-0.15, -0.1) is 0 Å². The first-order valence-electron chi connectivity index (χ1n) is 8.90. The van der Waals surface area contributed by atoms with E-state index in [2.05, 4.69) is 24.3 Å². The van der Waals surface area contributed by atoms with Gasteiger partial charge in [0.2, 0.25) is 0 Å². The smallest absolute Gasteiger partial charge is 0.146 e. The van der Waals surface area contributed by atoms with Crippen LogP contribution in [0.3, 0.4) is 0 Å². The lowest BCUT2D eigenvalue weighted by Crippen LogP contribution is -2.36. The number of rotatable bonds is 6. The zero-order valence-electron chi connectivity index (χ0n) is 15.2. The van der Waals surface area contributed by atoms with E-state index < -0.39 is 0 Å². The Morgan fingerprint density at radius 1 is 1.28 bits per heavy atom. The zero-order chi connectivity index (χ0) is 17.8. The average Bonchev–Trinajstić information content (AvgIpc) is 3.06. The van der Waals surface area contributed by atoms with E-state index in [1.54, 1.807) is 6.07 Å². The maximum Gasteiger partial charge on any atom is 0.146 e. The Kier molecular flexibility index (Phi) is 5.71. The summed E-state index contributed by atoms with van der Waals surface area (Å²) in [4.78, 5) is 2.04. The largest absolute Gasteiger partial charge is 0.378 e. The van der Waals surface area contributed by atoms with Crippen LogP contribution in [-0.4, -0.2) is 42.1 Å². The van der Waals surface area contributed by atoms with Crippen LogP contribution < -0.4 is 10.2 Å². The first kappa shape index (κ1) is 17.9. The number of halogens is 1. The number of aromatic nitrogens is 2. The highest BCUT2D eigenvalue weighted by molar-refractivity contribution is 5.49. The highest BCUT2D eigenvalue weighted by Crippen LogP contribution is 2.22. The molecule has 0 amide bonds. The Morgan fingerprint density at radius 2 is 2.04 bits per heavy atom. The lowest BCUT2D eigenvalue weighted by atomic mass is 10.1. The van der Waals surface area contributed by atoms with Crippen LogP contribution in [0, 0.1) is 12.7 Å². The predicted octanol–water partition coefficient (Wildman–Crippen LogP) is 2.91. The minimum Gasteiger partial charge on any atom is -0.378 e. The first-order valence-corrected chi connectivity index (χ1v) is 8.90. The lowest BCUT2D eigenvalue weighted by Gasteiger charge is -2.29. The SMILES string of the molecule is Cc1cnn([C@@H](C)[C@@H](C)NCc2ccc(N3CCOCC3)c(F)c2)c1.